The molecule has 28 heavy (non-hydrogen) atoms. The van der Waals surface area contributed by atoms with Gasteiger partial charge in [0.05, 0.1) is 7.11 Å². The van der Waals surface area contributed by atoms with E-state index in [1.807, 2.05) is 34.5 Å². The van der Waals surface area contributed by atoms with E-state index >= 15 is 0 Å². The molecule has 0 aliphatic heterocycles. The van der Waals surface area contributed by atoms with Crippen molar-refractivity contribution in [3.8, 4) is 16.3 Å². The molecule has 0 bridgehead atoms. The summed E-state index contributed by atoms with van der Waals surface area (Å²) in [6, 6.07) is 16.1. The summed E-state index contributed by atoms with van der Waals surface area (Å²) in [5.41, 5.74) is 3.64. The summed E-state index contributed by atoms with van der Waals surface area (Å²) >= 11 is 1.51. The van der Waals surface area contributed by atoms with Gasteiger partial charge in [0.25, 0.3) is 5.91 Å². The number of hydrogen-bond acceptors (Lipinski definition) is 4. The normalized spacial score (nSPS) is 14.5. The highest BCUT2D eigenvalue weighted by molar-refractivity contribution is 7.13. The Morgan fingerprint density at radius 2 is 1.82 bits per heavy atom. The van der Waals surface area contributed by atoms with Crippen LogP contribution in [0, 0.1) is 12.8 Å². The van der Waals surface area contributed by atoms with Crippen LogP contribution < -0.4 is 9.64 Å². The molecule has 144 valence electrons. The van der Waals surface area contributed by atoms with Crippen molar-refractivity contribution in [2.75, 3.05) is 12.0 Å². The van der Waals surface area contributed by atoms with Crippen molar-refractivity contribution in [2.24, 2.45) is 5.92 Å². The van der Waals surface area contributed by atoms with Crippen molar-refractivity contribution >= 4 is 22.9 Å². The standard InChI is InChI=1S/C23H24N2O2S/c1-15-4-6-18(7-5-15)22-24-21(14-28-22)23(26)25(16(2)17-8-9-17)19-10-12-20(27-3)13-11-19/h4-7,10-14,16-17H,8-9H2,1-3H3. The highest BCUT2D eigenvalue weighted by Crippen LogP contribution is 2.38. The lowest BCUT2D eigenvalue weighted by atomic mass is 10.1. The fourth-order valence-corrected chi connectivity index (χ4v) is 4.19. The van der Waals surface area contributed by atoms with Gasteiger partial charge in [-0.25, -0.2) is 4.98 Å². The number of amides is 1. The lowest BCUT2D eigenvalue weighted by molar-refractivity contribution is 0.0971. The topological polar surface area (TPSA) is 42.4 Å². The summed E-state index contributed by atoms with van der Waals surface area (Å²) in [4.78, 5) is 20.0. The molecule has 0 N–H and O–H groups in total. The first-order chi connectivity index (χ1) is 13.6. The molecular weight excluding hydrogens is 368 g/mol. The molecule has 4 rings (SSSR count). The summed E-state index contributed by atoms with van der Waals surface area (Å²) in [5.74, 6) is 1.30. The molecule has 0 saturated heterocycles. The van der Waals surface area contributed by atoms with Gasteiger partial charge in [-0.05, 0) is 56.9 Å². The van der Waals surface area contributed by atoms with E-state index < -0.39 is 0 Å². The Morgan fingerprint density at radius 3 is 2.43 bits per heavy atom. The van der Waals surface area contributed by atoms with Crippen LogP contribution >= 0.6 is 11.3 Å². The van der Waals surface area contributed by atoms with E-state index in [1.165, 1.54) is 29.7 Å². The van der Waals surface area contributed by atoms with E-state index in [2.05, 4.69) is 43.1 Å². The number of anilines is 1. The van der Waals surface area contributed by atoms with Gasteiger partial charge in [-0.2, -0.15) is 0 Å². The van der Waals surface area contributed by atoms with Gasteiger partial charge in [-0.1, -0.05) is 29.8 Å². The number of carbonyl (C=O) groups is 1. The minimum atomic E-state index is -0.0424. The van der Waals surface area contributed by atoms with E-state index in [-0.39, 0.29) is 11.9 Å². The first kappa shape index (κ1) is 18.7. The lowest BCUT2D eigenvalue weighted by Gasteiger charge is -2.29. The molecule has 1 heterocycles. The van der Waals surface area contributed by atoms with Crippen LogP contribution in [0.3, 0.4) is 0 Å². The average molecular weight is 393 g/mol. The van der Waals surface area contributed by atoms with Gasteiger partial charge in [0.2, 0.25) is 0 Å². The molecule has 1 aliphatic carbocycles. The quantitative estimate of drug-likeness (QED) is 0.550. The first-order valence-corrected chi connectivity index (χ1v) is 10.4. The molecule has 1 unspecified atom stereocenters. The molecule has 1 aromatic heterocycles. The van der Waals surface area contributed by atoms with Gasteiger partial charge in [-0.15, -0.1) is 11.3 Å². The number of nitrogens with zero attached hydrogens (tertiary/aromatic N) is 2. The van der Waals surface area contributed by atoms with Crippen LogP contribution in [0.2, 0.25) is 0 Å². The number of hydrogen-bond donors (Lipinski definition) is 0. The number of carbonyl (C=O) groups excluding carboxylic acids is 1. The molecule has 0 spiro atoms. The van der Waals surface area contributed by atoms with Crippen LogP contribution in [0.25, 0.3) is 10.6 Å². The summed E-state index contributed by atoms with van der Waals surface area (Å²) < 4.78 is 5.26. The SMILES string of the molecule is COc1ccc(N(C(=O)c2csc(-c3ccc(C)cc3)n2)C(C)C2CC2)cc1. The van der Waals surface area contributed by atoms with Crippen LogP contribution in [0.4, 0.5) is 5.69 Å². The Bertz CT molecular complexity index is 959. The average Bonchev–Trinajstić information content (AvgIpc) is 3.46. The number of aryl methyl sites for hydroxylation is 1. The van der Waals surface area contributed by atoms with Gasteiger partial charge in [0.15, 0.2) is 0 Å². The third-order valence-electron chi connectivity index (χ3n) is 5.30. The second-order valence-corrected chi connectivity index (χ2v) is 8.21. The van der Waals surface area contributed by atoms with Crippen LogP contribution in [0.15, 0.2) is 53.9 Å². The highest BCUT2D eigenvalue weighted by Gasteiger charge is 2.36. The Kier molecular flexibility index (Phi) is 5.18. The Morgan fingerprint density at radius 1 is 1.14 bits per heavy atom. The summed E-state index contributed by atoms with van der Waals surface area (Å²) in [6.45, 7) is 4.19. The van der Waals surface area contributed by atoms with Crippen molar-refractivity contribution in [2.45, 2.75) is 32.7 Å². The molecule has 1 fully saturated rings. The smallest absolute Gasteiger partial charge is 0.278 e. The molecular formula is C23H24N2O2S. The predicted octanol–water partition coefficient (Wildman–Crippen LogP) is 5.57. The van der Waals surface area contributed by atoms with E-state index in [0.29, 0.717) is 11.6 Å². The molecule has 5 heteroatoms. The van der Waals surface area contributed by atoms with E-state index in [1.54, 1.807) is 7.11 Å². The number of aromatic nitrogens is 1. The zero-order chi connectivity index (χ0) is 19.7. The van der Waals surface area contributed by atoms with Crippen LogP contribution in [0.5, 0.6) is 5.75 Å². The van der Waals surface area contributed by atoms with E-state index in [9.17, 15) is 4.79 Å². The first-order valence-electron chi connectivity index (χ1n) is 9.57. The van der Waals surface area contributed by atoms with Crippen molar-refractivity contribution in [3.63, 3.8) is 0 Å². The fourth-order valence-electron chi connectivity index (χ4n) is 3.39. The number of ether oxygens (including phenoxy) is 1. The molecule has 1 aliphatic rings. The molecule has 2 aromatic carbocycles. The van der Waals surface area contributed by atoms with E-state index in [0.717, 1.165) is 22.0 Å². The molecule has 1 saturated carbocycles. The maximum absolute atomic E-state index is 13.4. The monoisotopic (exact) mass is 392 g/mol. The zero-order valence-corrected chi connectivity index (χ0v) is 17.2. The molecule has 0 radical (unpaired) electrons. The van der Waals surface area contributed by atoms with Crippen molar-refractivity contribution in [1.82, 2.24) is 4.98 Å². The number of methoxy groups -OCH3 is 1. The fraction of sp³-hybridized carbons (Fsp3) is 0.304. The molecule has 3 aromatic rings. The Labute approximate surface area is 169 Å². The lowest BCUT2D eigenvalue weighted by Crippen LogP contribution is -2.40. The minimum Gasteiger partial charge on any atom is -0.497 e. The zero-order valence-electron chi connectivity index (χ0n) is 16.4. The third-order valence-corrected chi connectivity index (χ3v) is 6.19. The van der Waals surface area contributed by atoms with Crippen molar-refractivity contribution in [1.29, 1.82) is 0 Å². The highest BCUT2D eigenvalue weighted by atomic mass is 32.1. The van der Waals surface area contributed by atoms with Crippen LogP contribution in [-0.4, -0.2) is 24.0 Å². The van der Waals surface area contributed by atoms with Crippen molar-refractivity contribution < 1.29 is 9.53 Å². The maximum Gasteiger partial charge on any atom is 0.278 e. The number of thiazole rings is 1. The largest absolute Gasteiger partial charge is 0.497 e. The Balaban J connectivity index is 1.64. The van der Waals surface area contributed by atoms with Gasteiger partial charge >= 0.3 is 0 Å². The van der Waals surface area contributed by atoms with Crippen LogP contribution in [0.1, 0.15) is 35.8 Å². The minimum absolute atomic E-state index is 0.0424. The molecule has 1 atom stereocenters. The number of benzene rings is 2. The predicted molar refractivity (Wildman–Crippen MR) is 114 cm³/mol. The molecule has 1 amide bonds. The van der Waals surface area contributed by atoms with Gasteiger partial charge < -0.3 is 9.64 Å². The number of rotatable bonds is 6. The summed E-state index contributed by atoms with van der Waals surface area (Å²) in [6.07, 6.45) is 2.35. The van der Waals surface area contributed by atoms with Gasteiger partial charge in [0.1, 0.15) is 16.5 Å². The van der Waals surface area contributed by atoms with Crippen LogP contribution in [-0.2, 0) is 0 Å². The maximum atomic E-state index is 13.4. The van der Waals surface area contributed by atoms with Gasteiger partial charge in [-0.3, -0.25) is 4.79 Å². The third kappa shape index (κ3) is 3.80. The summed E-state index contributed by atoms with van der Waals surface area (Å²) in [5, 5.41) is 2.74. The van der Waals surface area contributed by atoms with E-state index in [4.69, 9.17) is 4.74 Å². The molecule has 4 nitrogen and oxygen atoms in total. The van der Waals surface area contributed by atoms with Crippen molar-refractivity contribution in [3.05, 3.63) is 65.2 Å². The summed E-state index contributed by atoms with van der Waals surface area (Å²) in [7, 11) is 1.65. The second kappa shape index (κ2) is 7.76. The Hall–Kier alpha value is -2.66. The van der Waals surface area contributed by atoms with Gasteiger partial charge in [0, 0.05) is 22.7 Å². The second-order valence-electron chi connectivity index (χ2n) is 7.36.